The minimum absolute atomic E-state index is 0.215. The summed E-state index contributed by atoms with van der Waals surface area (Å²) in [6.07, 6.45) is 9.09. The lowest BCUT2D eigenvalue weighted by Gasteiger charge is -2.37. The third-order valence-electron chi connectivity index (χ3n) is 5.95. The van der Waals surface area contributed by atoms with Crippen LogP contribution in [0.3, 0.4) is 0 Å². The van der Waals surface area contributed by atoms with Gasteiger partial charge in [0.1, 0.15) is 11.3 Å². The highest BCUT2D eigenvalue weighted by Gasteiger charge is 2.32. The molecule has 1 fully saturated rings. The summed E-state index contributed by atoms with van der Waals surface area (Å²) < 4.78 is 15.5. The SMILES string of the molecule is Fc1ccc(-c2ncn3c2C=C2CCC[C@H](CCNc4nncs4)C2C3)cc1. The predicted octanol–water partition coefficient (Wildman–Crippen LogP) is 4.86. The van der Waals surface area contributed by atoms with Crippen molar-refractivity contribution in [2.75, 3.05) is 11.9 Å². The van der Waals surface area contributed by atoms with Crippen LogP contribution in [0.5, 0.6) is 0 Å². The van der Waals surface area contributed by atoms with Crippen molar-refractivity contribution in [3.05, 3.63) is 53.2 Å². The maximum absolute atomic E-state index is 13.3. The highest BCUT2D eigenvalue weighted by Crippen LogP contribution is 2.42. The summed E-state index contributed by atoms with van der Waals surface area (Å²) in [6, 6.07) is 6.63. The molecule has 0 saturated heterocycles. The van der Waals surface area contributed by atoms with Crippen molar-refractivity contribution in [2.24, 2.45) is 11.8 Å². The molecule has 2 atom stereocenters. The molecular weight excluding hydrogens is 373 g/mol. The number of halogens is 1. The van der Waals surface area contributed by atoms with E-state index >= 15 is 0 Å². The highest BCUT2D eigenvalue weighted by atomic mass is 32.1. The Morgan fingerprint density at radius 2 is 2.14 bits per heavy atom. The van der Waals surface area contributed by atoms with Crippen molar-refractivity contribution in [3.63, 3.8) is 0 Å². The number of nitrogens with one attached hydrogen (secondary N) is 1. The molecule has 1 saturated carbocycles. The maximum Gasteiger partial charge on any atom is 0.205 e. The lowest BCUT2D eigenvalue weighted by atomic mass is 9.72. The third kappa shape index (κ3) is 3.35. The van der Waals surface area contributed by atoms with E-state index in [4.69, 9.17) is 0 Å². The fraction of sp³-hybridized carbons (Fsp3) is 0.381. The number of allylic oxidation sites excluding steroid dienone is 1. The Kier molecular flexibility index (Phi) is 4.68. The summed E-state index contributed by atoms with van der Waals surface area (Å²) in [7, 11) is 0. The average molecular weight is 396 g/mol. The second kappa shape index (κ2) is 7.47. The van der Waals surface area contributed by atoms with Crippen molar-refractivity contribution < 1.29 is 4.39 Å². The van der Waals surface area contributed by atoms with Crippen molar-refractivity contribution in [2.45, 2.75) is 32.2 Å². The Balaban J connectivity index is 1.34. The van der Waals surface area contributed by atoms with E-state index in [2.05, 4.69) is 31.1 Å². The summed E-state index contributed by atoms with van der Waals surface area (Å²) >= 11 is 1.54. The van der Waals surface area contributed by atoms with Crippen LogP contribution >= 0.6 is 11.3 Å². The number of anilines is 1. The summed E-state index contributed by atoms with van der Waals surface area (Å²) in [6.45, 7) is 1.92. The van der Waals surface area contributed by atoms with E-state index < -0.39 is 0 Å². The molecule has 0 radical (unpaired) electrons. The Labute approximate surface area is 167 Å². The molecule has 2 aromatic heterocycles. The molecule has 7 heteroatoms. The smallest absolute Gasteiger partial charge is 0.205 e. The first kappa shape index (κ1) is 17.6. The van der Waals surface area contributed by atoms with Crippen LogP contribution in [-0.2, 0) is 6.54 Å². The monoisotopic (exact) mass is 395 g/mol. The van der Waals surface area contributed by atoms with Crippen LogP contribution in [0.1, 0.15) is 31.4 Å². The van der Waals surface area contributed by atoms with Gasteiger partial charge in [0.25, 0.3) is 0 Å². The van der Waals surface area contributed by atoms with Crippen molar-refractivity contribution in [1.29, 1.82) is 0 Å². The maximum atomic E-state index is 13.3. The van der Waals surface area contributed by atoms with Crippen LogP contribution in [0, 0.1) is 17.7 Å². The summed E-state index contributed by atoms with van der Waals surface area (Å²) in [5.74, 6) is 1.03. The molecule has 1 aliphatic carbocycles. The largest absolute Gasteiger partial charge is 0.360 e. The molecule has 2 aliphatic rings. The first-order valence-corrected chi connectivity index (χ1v) is 10.7. The molecule has 28 heavy (non-hydrogen) atoms. The number of fused-ring (bicyclic) bond motifs is 2. The van der Waals surface area contributed by atoms with Gasteiger partial charge in [-0.2, -0.15) is 0 Å². The van der Waals surface area contributed by atoms with Crippen molar-refractivity contribution >= 4 is 22.5 Å². The van der Waals surface area contributed by atoms with Crippen LogP contribution in [0.2, 0.25) is 0 Å². The molecule has 144 valence electrons. The van der Waals surface area contributed by atoms with Crippen molar-refractivity contribution in [3.8, 4) is 11.3 Å². The third-order valence-corrected chi connectivity index (χ3v) is 6.60. The molecule has 1 N–H and O–H groups in total. The zero-order valence-electron chi connectivity index (χ0n) is 15.5. The molecule has 0 spiro atoms. The summed E-state index contributed by atoms with van der Waals surface area (Å²) in [5, 5.41) is 12.2. The van der Waals surface area contributed by atoms with E-state index in [0.717, 1.165) is 41.6 Å². The molecule has 5 nitrogen and oxygen atoms in total. The quantitative estimate of drug-likeness (QED) is 0.671. The number of imidazole rings is 1. The van der Waals surface area contributed by atoms with Crippen molar-refractivity contribution in [1.82, 2.24) is 19.7 Å². The van der Waals surface area contributed by atoms with Crippen LogP contribution in [0.25, 0.3) is 17.3 Å². The number of hydrogen-bond acceptors (Lipinski definition) is 5. The molecule has 0 amide bonds. The van der Waals surface area contributed by atoms with Gasteiger partial charge in [-0.3, -0.25) is 0 Å². The van der Waals surface area contributed by atoms with E-state index in [9.17, 15) is 4.39 Å². The Morgan fingerprint density at radius 3 is 2.96 bits per heavy atom. The van der Waals surface area contributed by atoms with Gasteiger partial charge < -0.3 is 9.88 Å². The molecule has 3 aromatic rings. The van der Waals surface area contributed by atoms with E-state index in [-0.39, 0.29) is 5.82 Å². The van der Waals surface area contributed by atoms with Crippen LogP contribution in [0.15, 0.2) is 41.7 Å². The number of hydrogen-bond donors (Lipinski definition) is 1. The molecule has 0 bridgehead atoms. The van der Waals surface area contributed by atoms with Gasteiger partial charge in [0.15, 0.2) is 0 Å². The van der Waals surface area contributed by atoms with E-state index in [1.54, 1.807) is 22.4 Å². The Bertz CT molecular complexity index is 977. The van der Waals surface area contributed by atoms with Gasteiger partial charge in [-0.15, -0.1) is 10.2 Å². The molecular formula is C21H22FN5S. The fourth-order valence-corrected chi connectivity index (χ4v) is 5.04. The van der Waals surface area contributed by atoms with Crippen LogP contribution in [0.4, 0.5) is 9.52 Å². The predicted molar refractivity (Wildman–Crippen MR) is 109 cm³/mol. The van der Waals surface area contributed by atoms with Gasteiger partial charge in [0.05, 0.1) is 17.7 Å². The van der Waals surface area contributed by atoms with Gasteiger partial charge >= 0.3 is 0 Å². The topological polar surface area (TPSA) is 55.6 Å². The molecule has 1 aromatic carbocycles. The number of nitrogens with zero attached hydrogens (tertiary/aromatic N) is 4. The van der Waals surface area contributed by atoms with E-state index in [1.807, 2.05) is 18.5 Å². The number of rotatable bonds is 5. The minimum atomic E-state index is -0.215. The highest BCUT2D eigenvalue weighted by molar-refractivity contribution is 7.13. The summed E-state index contributed by atoms with van der Waals surface area (Å²) in [4.78, 5) is 4.65. The Morgan fingerprint density at radius 1 is 1.25 bits per heavy atom. The number of benzene rings is 1. The zero-order valence-corrected chi connectivity index (χ0v) is 16.3. The fourth-order valence-electron chi connectivity index (χ4n) is 4.57. The molecule has 1 unspecified atom stereocenters. The van der Waals surface area contributed by atoms with Gasteiger partial charge in [0, 0.05) is 24.6 Å². The second-order valence-corrected chi connectivity index (χ2v) is 8.41. The molecule has 1 aliphatic heterocycles. The first-order valence-electron chi connectivity index (χ1n) is 9.79. The van der Waals surface area contributed by atoms with E-state index in [1.165, 1.54) is 31.4 Å². The Hall–Kier alpha value is -2.54. The lowest BCUT2D eigenvalue weighted by molar-refractivity contribution is 0.260. The van der Waals surface area contributed by atoms with E-state index in [0.29, 0.717) is 11.8 Å². The summed E-state index contributed by atoms with van der Waals surface area (Å²) in [5.41, 5.74) is 6.38. The van der Waals surface area contributed by atoms with Gasteiger partial charge in [-0.05, 0) is 61.9 Å². The lowest BCUT2D eigenvalue weighted by Crippen LogP contribution is -2.30. The second-order valence-electron chi connectivity index (χ2n) is 7.58. The first-order chi connectivity index (χ1) is 13.8. The minimum Gasteiger partial charge on any atom is -0.360 e. The van der Waals surface area contributed by atoms with Gasteiger partial charge in [0.2, 0.25) is 5.13 Å². The number of aromatic nitrogens is 4. The standard InChI is InChI=1S/C21H22FN5S/c22-17-6-4-15(5-7-17)20-19-10-16-3-1-2-14(18(16)11-27(19)12-24-20)8-9-23-21-26-25-13-28-21/h4-7,10,12-14,18H,1-3,8-9,11H2,(H,23,26)/t14-,18?/m1/s1. The molecule has 3 heterocycles. The normalized spacial score (nSPS) is 21.0. The average Bonchev–Trinajstić information content (AvgIpc) is 3.37. The molecule has 5 rings (SSSR count). The van der Waals surface area contributed by atoms with Crippen LogP contribution < -0.4 is 5.32 Å². The zero-order chi connectivity index (χ0) is 18.9. The van der Waals surface area contributed by atoms with Gasteiger partial charge in [-0.25, -0.2) is 9.37 Å². The van der Waals surface area contributed by atoms with Crippen LogP contribution in [-0.4, -0.2) is 26.3 Å². The van der Waals surface area contributed by atoms with Gasteiger partial charge in [-0.1, -0.05) is 16.9 Å².